The van der Waals surface area contributed by atoms with Crippen LogP contribution >= 0.6 is 22.6 Å². The van der Waals surface area contributed by atoms with E-state index in [9.17, 15) is 9.90 Å². The molecule has 3 nitrogen and oxygen atoms in total. The first-order valence-electron chi connectivity index (χ1n) is 7.45. The topological polar surface area (TPSA) is 50.2 Å². The highest BCUT2D eigenvalue weighted by Crippen LogP contribution is 2.34. The highest BCUT2D eigenvalue weighted by atomic mass is 127. The Morgan fingerprint density at radius 2 is 1.67 bits per heavy atom. The molecule has 0 saturated carbocycles. The summed E-state index contributed by atoms with van der Waals surface area (Å²) in [5, 5.41) is 12.5. The average molecular weight is 425 g/mol. The van der Waals surface area contributed by atoms with Crippen LogP contribution in [0.15, 0.2) is 66.7 Å². The van der Waals surface area contributed by atoms with E-state index in [0.29, 0.717) is 5.52 Å². The lowest BCUT2D eigenvalue weighted by Crippen LogP contribution is -2.00. The van der Waals surface area contributed by atoms with Crippen LogP contribution in [0.3, 0.4) is 0 Å². The molecule has 0 amide bonds. The van der Waals surface area contributed by atoms with Crippen LogP contribution in [0.5, 0.6) is 0 Å². The Morgan fingerprint density at radius 3 is 2.50 bits per heavy atom. The first-order chi connectivity index (χ1) is 11.6. The number of hydrogen-bond acceptors (Lipinski definition) is 2. The number of nitrogens with zero attached hydrogens (tertiary/aromatic N) is 1. The molecule has 0 saturated heterocycles. The van der Waals surface area contributed by atoms with E-state index in [1.165, 1.54) is 0 Å². The predicted octanol–water partition coefficient (Wildman–Crippen LogP) is 5.36. The Morgan fingerprint density at radius 1 is 0.875 bits per heavy atom. The van der Waals surface area contributed by atoms with Crippen LogP contribution < -0.4 is 0 Å². The van der Waals surface area contributed by atoms with E-state index >= 15 is 0 Å². The maximum Gasteiger partial charge on any atom is 0.354 e. The molecule has 1 N–H and O–H groups in total. The number of halogens is 1. The number of carboxylic acids is 1. The second-order valence-corrected chi connectivity index (χ2v) is 6.80. The number of rotatable bonds is 2. The number of benzene rings is 3. The van der Waals surface area contributed by atoms with Gasteiger partial charge in [0.2, 0.25) is 0 Å². The van der Waals surface area contributed by atoms with Crippen molar-refractivity contribution in [2.75, 3.05) is 0 Å². The Kier molecular flexibility index (Phi) is 3.69. The van der Waals surface area contributed by atoms with Gasteiger partial charge in [0.15, 0.2) is 0 Å². The van der Waals surface area contributed by atoms with Crippen LogP contribution in [0.4, 0.5) is 0 Å². The summed E-state index contributed by atoms with van der Waals surface area (Å²) in [5.74, 6) is -1.01. The average Bonchev–Trinajstić information content (AvgIpc) is 2.60. The van der Waals surface area contributed by atoms with Gasteiger partial charge < -0.3 is 5.11 Å². The summed E-state index contributed by atoms with van der Waals surface area (Å²) in [7, 11) is 0. The van der Waals surface area contributed by atoms with Gasteiger partial charge in [0.1, 0.15) is 5.69 Å². The molecule has 0 radical (unpaired) electrons. The molecule has 0 bridgehead atoms. The van der Waals surface area contributed by atoms with Crippen molar-refractivity contribution in [2.45, 2.75) is 0 Å². The third-order valence-electron chi connectivity index (χ3n) is 4.06. The molecule has 0 aliphatic carbocycles. The minimum absolute atomic E-state index is 0.0604. The summed E-state index contributed by atoms with van der Waals surface area (Å²) in [6, 6.07) is 21.8. The first-order valence-corrected chi connectivity index (χ1v) is 8.53. The van der Waals surface area contributed by atoms with E-state index in [0.717, 1.165) is 30.9 Å². The number of aromatic carboxylic acids is 1. The van der Waals surface area contributed by atoms with Crippen LogP contribution in [-0.2, 0) is 0 Å². The van der Waals surface area contributed by atoms with E-state index in [-0.39, 0.29) is 5.69 Å². The first kappa shape index (κ1) is 15.1. The summed E-state index contributed by atoms with van der Waals surface area (Å²) in [6.07, 6.45) is 0. The molecule has 24 heavy (non-hydrogen) atoms. The van der Waals surface area contributed by atoms with E-state index < -0.39 is 5.97 Å². The summed E-state index contributed by atoms with van der Waals surface area (Å²) < 4.78 is 1.09. The fraction of sp³-hybridized carbons (Fsp3) is 0. The van der Waals surface area contributed by atoms with Gasteiger partial charge in [0.25, 0.3) is 0 Å². The molecular formula is C20H12INO2. The molecule has 4 aromatic rings. The van der Waals surface area contributed by atoms with Crippen LogP contribution in [0.1, 0.15) is 10.5 Å². The molecule has 116 valence electrons. The number of pyridine rings is 1. The molecule has 1 aromatic heterocycles. The van der Waals surface area contributed by atoms with E-state index in [4.69, 9.17) is 0 Å². The molecule has 0 aliphatic heterocycles. The molecule has 0 spiro atoms. The summed E-state index contributed by atoms with van der Waals surface area (Å²) >= 11 is 2.28. The van der Waals surface area contributed by atoms with Gasteiger partial charge in [-0.25, -0.2) is 9.78 Å². The van der Waals surface area contributed by atoms with Crippen molar-refractivity contribution in [1.82, 2.24) is 4.98 Å². The van der Waals surface area contributed by atoms with Crippen molar-refractivity contribution in [3.8, 4) is 11.1 Å². The van der Waals surface area contributed by atoms with Crippen molar-refractivity contribution in [3.05, 3.63) is 76.0 Å². The van der Waals surface area contributed by atoms with Crippen molar-refractivity contribution in [1.29, 1.82) is 0 Å². The van der Waals surface area contributed by atoms with Gasteiger partial charge in [-0.05, 0) is 57.1 Å². The SMILES string of the molecule is O=C(O)c1ccc2cc(I)cc(-c3cccc4ccccc34)c2n1. The van der Waals surface area contributed by atoms with Gasteiger partial charge in [-0.3, -0.25) is 0 Å². The van der Waals surface area contributed by atoms with Crippen molar-refractivity contribution in [2.24, 2.45) is 0 Å². The third kappa shape index (κ3) is 2.53. The maximum atomic E-state index is 11.3. The summed E-state index contributed by atoms with van der Waals surface area (Å²) in [5.41, 5.74) is 2.79. The van der Waals surface area contributed by atoms with Crippen LogP contribution in [0.25, 0.3) is 32.8 Å². The molecule has 0 aliphatic rings. The van der Waals surface area contributed by atoms with Crippen molar-refractivity contribution >= 4 is 50.2 Å². The van der Waals surface area contributed by atoms with E-state index in [1.807, 2.05) is 30.3 Å². The normalized spacial score (nSPS) is 11.0. The molecule has 0 fully saturated rings. The Bertz CT molecular complexity index is 1100. The lowest BCUT2D eigenvalue weighted by molar-refractivity contribution is 0.0691. The lowest BCUT2D eigenvalue weighted by atomic mass is 9.96. The van der Waals surface area contributed by atoms with Crippen LogP contribution in [0.2, 0.25) is 0 Å². The highest BCUT2D eigenvalue weighted by molar-refractivity contribution is 14.1. The Labute approximate surface area is 152 Å². The fourth-order valence-corrected chi connectivity index (χ4v) is 3.63. The fourth-order valence-electron chi connectivity index (χ4n) is 2.98. The minimum Gasteiger partial charge on any atom is -0.477 e. The number of carboxylic acid groups (broad SMARTS) is 1. The molecule has 1 heterocycles. The zero-order valence-corrected chi connectivity index (χ0v) is 14.7. The molecule has 4 rings (SSSR count). The lowest BCUT2D eigenvalue weighted by Gasteiger charge is -2.11. The molecule has 0 atom stereocenters. The van der Waals surface area contributed by atoms with Gasteiger partial charge in [0, 0.05) is 14.5 Å². The number of aromatic nitrogens is 1. The second kappa shape index (κ2) is 5.87. The zero-order chi connectivity index (χ0) is 16.7. The number of fused-ring (bicyclic) bond motifs is 2. The quantitative estimate of drug-likeness (QED) is 0.440. The van der Waals surface area contributed by atoms with Crippen molar-refractivity contribution in [3.63, 3.8) is 0 Å². The number of hydrogen-bond donors (Lipinski definition) is 1. The van der Waals surface area contributed by atoms with Gasteiger partial charge in [-0.2, -0.15) is 0 Å². The van der Waals surface area contributed by atoms with Gasteiger partial charge in [0.05, 0.1) is 5.52 Å². The summed E-state index contributed by atoms with van der Waals surface area (Å²) in [6.45, 7) is 0. The monoisotopic (exact) mass is 425 g/mol. The van der Waals surface area contributed by atoms with Gasteiger partial charge in [-0.1, -0.05) is 48.5 Å². The highest BCUT2D eigenvalue weighted by Gasteiger charge is 2.13. The second-order valence-electron chi connectivity index (χ2n) is 5.55. The summed E-state index contributed by atoms with van der Waals surface area (Å²) in [4.78, 5) is 15.7. The smallest absolute Gasteiger partial charge is 0.354 e. The zero-order valence-electron chi connectivity index (χ0n) is 12.5. The molecular weight excluding hydrogens is 413 g/mol. The maximum absolute atomic E-state index is 11.3. The van der Waals surface area contributed by atoms with Crippen molar-refractivity contribution < 1.29 is 9.90 Å². The van der Waals surface area contributed by atoms with E-state index in [2.05, 4.69) is 57.9 Å². The molecule has 4 heteroatoms. The predicted molar refractivity (Wildman–Crippen MR) is 104 cm³/mol. The molecule has 3 aromatic carbocycles. The van der Waals surface area contributed by atoms with Gasteiger partial charge >= 0.3 is 5.97 Å². The largest absolute Gasteiger partial charge is 0.477 e. The molecule has 0 unspecified atom stereocenters. The third-order valence-corrected chi connectivity index (χ3v) is 4.68. The van der Waals surface area contributed by atoms with E-state index in [1.54, 1.807) is 6.07 Å². The van der Waals surface area contributed by atoms with Crippen LogP contribution in [0, 0.1) is 3.57 Å². The minimum atomic E-state index is -1.01. The Balaban J connectivity index is 2.11. The Hall–Kier alpha value is -2.47. The van der Waals surface area contributed by atoms with Gasteiger partial charge in [-0.15, -0.1) is 0 Å². The number of carbonyl (C=O) groups is 1. The van der Waals surface area contributed by atoms with Crippen LogP contribution in [-0.4, -0.2) is 16.1 Å². The standard InChI is InChI=1S/C20H12INO2/c21-14-10-13-8-9-18(20(23)24)22-19(13)17(11-14)16-7-3-5-12-4-1-2-6-15(12)16/h1-11H,(H,23,24).